The predicted molar refractivity (Wildman–Crippen MR) is 96.0 cm³/mol. The lowest BCUT2D eigenvalue weighted by atomic mass is 10.1. The number of amides is 1. The lowest BCUT2D eigenvalue weighted by Crippen LogP contribution is -2.26. The molecular weight excluding hydrogens is 356 g/mol. The van der Waals surface area contributed by atoms with Gasteiger partial charge in [0, 0.05) is 18.5 Å². The largest absolute Gasteiger partial charge is 0.496 e. The number of benzene rings is 1. The average Bonchev–Trinajstić information content (AvgIpc) is 3.33. The number of nitrogens with zero attached hydrogens (tertiary/aromatic N) is 1. The van der Waals surface area contributed by atoms with Crippen LogP contribution in [-0.2, 0) is 11.2 Å². The first-order valence-electron chi connectivity index (χ1n) is 8.34. The van der Waals surface area contributed by atoms with E-state index in [0.717, 1.165) is 30.0 Å². The molecule has 0 radical (unpaired) electrons. The number of carbonyl (C=O) groups is 2. The summed E-state index contributed by atoms with van der Waals surface area (Å²) in [5.74, 6) is -0.742. The van der Waals surface area contributed by atoms with E-state index in [2.05, 4.69) is 10.3 Å². The molecule has 1 amide bonds. The highest BCUT2D eigenvalue weighted by molar-refractivity contribution is 7.09. The highest BCUT2D eigenvalue weighted by Crippen LogP contribution is 2.30. The second-order valence-electron chi connectivity index (χ2n) is 5.91. The predicted octanol–water partition coefficient (Wildman–Crippen LogP) is 2.67. The van der Waals surface area contributed by atoms with Crippen molar-refractivity contribution < 1.29 is 24.2 Å². The van der Waals surface area contributed by atoms with Gasteiger partial charge in [0.05, 0.1) is 12.7 Å². The van der Waals surface area contributed by atoms with Gasteiger partial charge < -0.3 is 19.9 Å². The fraction of sp³-hybridized carbons (Fsp3) is 0.389. The molecule has 1 aromatic heterocycles. The SMILES string of the molecule is COc1cc(C(=O)O)ccc1CCNC(=O)c1csc(C2CCCO2)n1. The third kappa shape index (κ3) is 4.20. The van der Waals surface area contributed by atoms with Crippen LogP contribution in [0.4, 0.5) is 0 Å². The van der Waals surface area contributed by atoms with Crippen molar-refractivity contribution in [2.45, 2.75) is 25.4 Å². The molecule has 138 valence electrons. The Hall–Kier alpha value is -2.45. The summed E-state index contributed by atoms with van der Waals surface area (Å²) >= 11 is 1.44. The molecule has 3 rings (SSSR count). The summed E-state index contributed by atoms with van der Waals surface area (Å²) < 4.78 is 10.8. The summed E-state index contributed by atoms with van der Waals surface area (Å²) in [6, 6.07) is 4.71. The highest BCUT2D eigenvalue weighted by Gasteiger charge is 2.22. The number of hydrogen-bond donors (Lipinski definition) is 2. The van der Waals surface area contributed by atoms with Crippen molar-refractivity contribution >= 4 is 23.2 Å². The van der Waals surface area contributed by atoms with Gasteiger partial charge in [0.2, 0.25) is 0 Å². The van der Waals surface area contributed by atoms with Gasteiger partial charge in [-0.05, 0) is 37.0 Å². The van der Waals surface area contributed by atoms with Gasteiger partial charge in [0.25, 0.3) is 5.91 Å². The first-order valence-corrected chi connectivity index (χ1v) is 9.22. The Morgan fingerprint density at radius 2 is 2.31 bits per heavy atom. The molecule has 2 heterocycles. The molecule has 1 aliphatic rings. The first-order chi connectivity index (χ1) is 12.6. The molecule has 0 spiro atoms. The van der Waals surface area contributed by atoms with Crippen molar-refractivity contribution in [1.82, 2.24) is 10.3 Å². The van der Waals surface area contributed by atoms with Gasteiger partial charge in [-0.2, -0.15) is 0 Å². The molecule has 2 aromatic rings. The molecule has 26 heavy (non-hydrogen) atoms. The van der Waals surface area contributed by atoms with Gasteiger partial charge in [-0.1, -0.05) is 6.07 Å². The molecular formula is C18H20N2O5S. The Morgan fingerprint density at radius 3 is 3.00 bits per heavy atom. The first kappa shape index (κ1) is 18.3. The van der Waals surface area contributed by atoms with E-state index in [9.17, 15) is 9.59 Å². The Kier molecular flexibility index (Phi) is 5.85. The fourth-order valence-corrected chi connectivity index (χ4v) is 3.68. The molecule has 1 aromatic carbocycles. The maximum atomic E-state index is 12.2. The lowest BCUT2D eigenvalue weighted by Gasteiger charge is -2.10. The summed E-state index contributed by atoms with van der Waals surface area (Å²) in [6.45, 7) is 1.14. The zero-order valence-electron chi connectivity index (χ0n) is 14.4. The number of ether oxygens (including phenoxy) is 2. The number of methoxy groups -OCH3 is 1. The number of nitrogens with one attached hydrogen (secondary N) is 1. The minimum Gasteiger partial charge on any atom is -0.496 e. The second-order valence-corrected chi connectivity index (χ2v) is 6.80. The van der Waals surface area contributed by atoms with Gasteiger partial charge in [-0.3, -0.25) is 4.79 Å². The van der Waals surface area contributed by atoms with Gasteiger partial charge in [-0.25, -0.2) is 9.78 Å². The van der Waals surface area contributed by atoms with Crippen molar-refractivity contribution in [3.8, 4) is 5.75 Å². The van der Waals surface area contributed by atoms with Crippen LogP contribution in [0.3, 0.4) is 0 Å². The Bertz CT molecular complexity index is 799. The summed E-state index contributed by atoms with van der Waals surface area (Å²) in [6.07, 6.45) is 2.51. The maximum absolute atomic E-state index is 12.2. The zero-order valence-corrected chi connectivity index (χ0v) is 15.2. The van der Waals surface area contributed by atoms with Gasteiger partial charge >= 0.3 is 5.97 Å². The number of hydrogen-bond acceptors (Lipinski definition) is 6. The molecule has 0 bridgehead atoms. The minimum absolute atomic E-state index is 0.0126. The third-order valence-electron chi connectivity index (χ3n) is 4.17. The summed E-state index contributed by atoms with van der Waals surface area (Å²) in [5, 5.41) is 14.4. The van der Waals surface area contributed by atoms with E-state index in [4.69, 9.17) is 14.6 Å². The van der Waals surface area contributed by atoms with Crippen molar-refractivity contribution in [2.24, 2.45) is 0 Å². The quantitative estimate of drug-likeness (QED) is 0.771. The zero-order chi connectivity index (χ0) is 18.5. The molecule has 0 saturated carbocycles. The molecule has 7 nitrogen and oxygen atoms in total. The van der Waals surface area contributed by atoms with Gasteiger partial charge in [0.1, 0.15) is 22.6 Å². The number of carboxylic acid groups (broad SMARTS) is 1. The molecule has 1 aliphatic heterocycles. The molecule has 1 atom stereocenters. The molecule has 1 saturated heterocycles. The van der Waals surface area contributed by atoms with E-state index in [1.54, 1.807) is 11.4 Å². The van der Waals surface area contributed by atoms with Crippen LogP contribution in [0.1, 0.15) is 50.4 Å². The van der Waals surface area contributed by atoms with Gasteiger partial charge in [0.15, 0.2) is 0 Å². The van der Waals surface area contributed by atoms with Crippen molar-refractivity contribution in [2.75, 3.05) is 20.3 Å². The second kappa shape index (κ2) is 8.29. The van der Waals surface area contributed by atoms with E-state index in [-0.39, 0.29) is 17.6 Å². The number of rotatable bonds is 7. The van der Waals surface area contributed by atoms with Gasteiger partial charge in [-0.15, -0.1) is 11.3 Å². The number of carboxylic acids is 1. The summed E-state index contributed by atoms with van der Waals surface area (Å²) in [7, 11) is 1.49. The van der Waals surface area contributed by atoms with Crippen molar-refractivity contribution in [3.63, 3.8) is 0 Å². The van der Waals surface area contributed by atoms with Crippen LogP contribution in [0, 0.1) is 0 Å². The van der Waals surface area contributed by atoms with Crippen LogP contribution >= 0.6 is 11.3 Å². The standard InChI is InChI=1S/C18H20N2O5S/c1-24-15-9-12(18(22)23)5-4-11(15)6-7-19-16(21)13-10-26-17(20-13)14-3-2-8-25-14/h4-5,9-10,14H,2-3,6-8H2,1H3,(H,19,21)(H,22,23). The normalized spacial score (nSPS) is 16.4. The number of aromatic nitrogens is 1. The van der Waals surface area contributed by atoms with Crippen LogP contribution in [-0.4, -0.2) is 42.2 Å². The van der Waals surface area contributed by atoms with Crippen molar-refractivity contribution in [3.05, 3.63) is 45.4 Å². The Morgan fingerprint density at radius 1 is 1.46 bits per heavy atom. The minimum atomic E-state index is -1.01. The monoisotopic (exact) mass is 376 g/mol. The molecule has 1 unspecified atom stereocenters. The van der Waals surface area contributed by atoms with Crippen LogP contribution in [0.25, 0.3) is 0 Å². The Labute approximate surface area is 155 Å². The van der Waals surface area contributed by atoms with E-state index in [1.807, 2.05) is 0 Å². The van der Waals surface area contributed by atoms with E-state index in [0.29, 0.717) is 24.4 Å². The summed E-state index contributed by atoms with van der Waals surface area (Å²) in [5.41, 5.74) is 1.39. The molecule has 0 aliphatic carbocycles. The highest BCUT2D eigenvalue weighted by atomic mass is 32.1. The lowest BCUT2D eigenvalue weighted by molar-refractivity contribution is 0.0696. The number of carbonyl (C=O) groups excluding carboxylic acids is 1. The topological polar surface area (TPSA) is 97.8 Å². The smallest absolute Gasteiger partial charge is 0.335 e. The molecule has 2 N–H and O–H groups in total. The van der Waals surface area contributed by atoms with E-state index >= 15 is 0 Å². The fourth-order valence-electron chi connectivity index (χ4n) is 2.80. The van der Waals surface area contributed by atoms with E-state index < -0.39 is 5.97 Å². The summed E-state index contributed by atoms with van der Waals surface area (Å²) in [4.78, 5) is 27.6. The van der Waals surface area contributed by atoms with Crippen LogP contribution in [0.5, 0.6) is 5.75 Å². The van der Waals surface area contributed by atoms with Crippen LogP contribution < -0.4 is 10.1 Å². The Balaban J connectivity index is 1.56. The van der Waals surface area contributed by atoms with Crippen molar-refractivity contribution in [1.29, 1.82) is 0 Å². The van der Waals surface area contributed by atoms with Crippen LogP contribution in [0.15, 0.2) is 23.6 Å². The number of aromatic carboxylic acids is 1. The van der Waals surface area contributed by atoms with E-state index in [1.165, 1.54) is 30.6 Å². The average molecular weight is 376 g/mol. The molecule has 8 heteroatoms. The third-order valence-corrected chi connectivity index (χ3v) is 5.11. The van der Waals surface area contributed by atoms with Crippen LogP contribution in [0.2, 0.25) is 0 Å². The number of thiazole rings is 1. The molecule has 1 fully saturated rings. The maximum Gasteiger partial charge on any atom is 0.335 e.